The molecular weight excluding hydrogens is 248 g/mol. The van der Waals surface area contributed by atoms with Crippen molar-refractivity contribution in [3.63, 3.8) is 0 Å². The summed E-state index contributed by atoms with van der Waals surface area (Å²) in [4.78, 5) is 21.1. The van der Waals surface area contributed by atoms with Gasteiger partial charge < -0.3 is 14.6 Å². The molecule has 0 aliphatic heterocycles. The molecule has 0 saturated heterocycles. The highest BCUT2D eigenvalue weighted by molar-refractivity contribution is 5.88. The Balaban J connectivity index is 2.23. The molecule has 0 spiro atoms. The van der Waals surface area contributed by atoms with Crippen LogP contribution in [0, 0.1) is 0 Å². The Kier molecular flexibility index (Phi) is 3.47. The van der Waals surface area contributed by atoms with Gasteiger partial charge in [0.2, 0.25) is 0 Å². The highest BCUT2D eigenvalue weighted by Crippen LogP contribution is 2.23. The summed E-state index contributed by atoms with van der Waals surface area (Å²) in [5.41, 5.74) is 0.918. The second kappa shape index (κ2) is 5.22. The number of hydrogen-bond donors (Lipinski definition) is 2. The maximum absolute atomic E-state index is 10.7. The highest BCUT2D eigenvalue weighted by Gasteiger charge is 2.06. The van der Waals surface area contributed by atoms with Crippen LogP contribution in [0.25, 0.3) is 17.4 Å². The Hall–Kier alpha value is -2.82. The van der Waals surface area contributed by atoms with Gasteiger partial charge in [-0.15, -0.1) is 0 Å². The van der Waals surface area contributed by atoms with E-state index in [1.165, 1.54) is 18.2 Å². The Morgan fingerprint density at radius 2 is 1.68 bits per heavy atom. The minimum Gasteiger partial charge on any atom is -0.478 e. The van der Waals surface area contributed by atoms with Gasteiger partial charge in [-0.3, -0.25) is 0 Å². The normalized spacial score (nSPS) is 10.7. The Morgan fingerprint density at radius 3 is 2.26 bits per heavy atom. The first-order chi connectivity index (χ1) is 9.06. The van der Waals surface area contributed by atoms with Crippen LogP contribution in [0.5, 0.6) is 0 Å². The molecule has 19 heavy (non-hydrogen) atoms. The van der Waals surface area contributed by atoms with E-state index < -0.39 is 11.9 Å². The van der Waals surface area contributed by atoms with Gasteiger partial charge >= 0.3 is 11.9 Å². The second-order valence-corrected chi connectivity index (χ2v) is 3.76. The highest BCUT2D eigenvalue weighted by atomic mass is 16.4. The smallest absolute Gasteiger partial charge is 0.335 e. The number of benzene rings is 1. The van der Waals surface area contributed by atoms with Crippen LogP contribution in [0.2, 0.25) is 0 Å². The number of aliphatic carboxylic acids is 1. The fourth-order valence-electron chi connectivity index (χ4n) is 1.53. The van der Waals surface area contributed by atoms with Crippen molar-refractivity contribution in [2.45, 2.75) is 0 Å². The first kappa shape index (κ1) is 12.6. The van der Waals surface area contributed by atoms with E-state index in [0.29, 0.717) is 11.5 Å². The molecule has 0 radical (unpaired) electrons. The lowest BCUT2D eigenvalue weighted by Crippen LogP contribution is -1.94. The Bertz CT molecular complexity index is 634. The van der Waals surface area contributed by atoms with Gasteiger partial charge in [0.25, 0.3) is 0 Å². The van der Waals surface area contributed by atoms with Crippen molar-refractivity contribution in [2.24, 2.45) is 0 Å². The van der Waals surface area contributed by atoms with Crippen molar-refractivity contribution in [1.29, 1.82) is 0 Å². The zero-order chi connectivity index (χ0) is 13.8. The minimum atomic E-state index is -1.05. The number of carbonyl (C=O) groups is 2. The molecule has 1 aromatic carbocycles. The fourth-order valence-corrected chi connectivity index (χ4v) is 1.53. The molecule has 0 fully saturated rings. The molecule has 5 heteroatoms. The van der Waals surface area contributed by atoms with E-state index in [2.05, 4.69) is 0 Å². The van der Waals surface area contributed by atoms with Gasteiger partial charge in [0.15, 0.2) is 0 Å². The van der Waals surface area contributed by atoms with Gasteiger partial charge in [0.05, 0.1) is 5.56 Å². The van der Waals surface area contributed by atoms with E-state index in [1.807, 2.05) is 0 Å². The second-order valence-electron chi connectivity index (χ2n) is 3.76. The summed E-state index contributed by atoms with van der Waals surface area (Å²) >= 11 is 0. The summed E-state index contributed by atoms with van der Waals surface area (Å²) in [5.74, 6) is -1.08. The molecule has 0 saturated carbocycles. The Labute approximate surface area is 108 Å². The molecule has 0 aliphatic carbocycles. The first-order valence-electron chi connectivity index (χ1n) is 5.41. The van der Waals surface area contributed by atoms with E-state index >= 15 is 0 Å². The SMILES string of the molecule is O=C(O)C=Cc1ccc(-c2ccc(C(=O)O)cc2)o1. The van der Waals surface area contributed by atoms with Crippen molar-refractivity contribution < 1.29 is 24.2 Å². The third-order valence-electron chi connectivity index (χ3n) is 2.43. The van der Waals surface area contributed by atoms with E-state index in [-0.39, 0.29) is 5.56 Å². The molecule has 2 rings (SSSR count). The van der Waals surface area contributed by atoms with Crippen molar-refractivity contribution >= 4 is 18.0 Å². The number of hydrogen-bond acceptors (Lipinski definition) is 3. The first-order valence-corrected chi connectivity index (χ1v) is 5.41. The monoisotopic (exact) mass is 258 g/mol. The number of aromatic carboxylic acids is 1. The summed E-state index contributed by atoms with van der Waals surface area (Å²) in [6.45, 7) is 0. The topological polar surface area (TPSA) is 87.7 Å². The molecular formula is C14H10O5. The van der Waals surface area contributed by atoms with E-state index in [1.54, 1.807) is 24.3 Å². The lowest BCUT2D eigenvalue weighted by Gasteiger charge is -1.98. The zero-order valence-corrected chi connectivity index (χ0v) is 9.74. The molecule has 0 unspecified atom stereocenters. The average molecular weight is 258 g/mol. The standard InChI is InChI=1S/C14H10O5/c15-13(16)8-6-11-5-7-12(19-11)9-1-3-10(4-2-9)14(17)18/h1-8H,(H,15,16)(H,17,18). The summed E-state index contributed by atoms with van der Waals surface area (Å²) in [7, 11) is 0. The predicted molar refractivity (Wildman–Crippen MR) is 67.8 cm³/mol. The molecule has 2 N–H and O–H groups in total. The molecule has 0 bridgehead atoms. The molecule has 1 heterocycles. The summed E-state index contributed by atoms with van der Waals surface area (Å²) in [6, 6.07) is 9.55. The molecule has 96 valence electrons. The van der Waals surface area contributed by atoms with Gasteiger partial charge in [0.1, 0.15) is 11.5 Å². The van der Waals surface area contributed by atoms with Crippen molar-refractivity contribution in [1.82, 2.24) is 0 Å². The van der Waals surface area contributed by atoms with Crippen molar-refractivity contribution in [3.05, 3.63) is 53.8 Å². The predicted octanol–water partition coefficient (Wildman–Crippen LogP) is 2.74. The van der Waals surface area contributed by atoms with Crippen LogP contribution in [0.3, 0.4) is 0 Å². The summed E-state index contributed by atoms with van der Waals surface area (Å²) < 4.78 is 5.42. The van der Waals surface area contributed by atoms with Crippen LogP contribution < -0.4 is 0 Å². The van der Waals surface area contributed by atoms with Gasteiger partial charge in [-0.2, -0.15) is 0 Å². The molecule has 2 aromatic rings. The summed E-state index contributed by atoms with van der Waals surface area (Å²) in [6.07, 6.45) is 2.33. The molecule has 0 amide bonds. The van der Waals surface area contributed by atoms with E-state index in [9.17, 15) is 9.59 Å². The zero-order valence-electron chi connectivity index (χ0n) is 9.74. The third kappa shape index (κ3) is 3.10. The van der Waals surface area contributed by atoms with Crippen molar-refractivity contribution in [2.75, 3.05) is 0 Å². The largest absolute Gasteiger partial charge is 0.478 e. The summed E-state index contributed by atoms with van der Waals surface area (Å²) in [5, 5.41) is 17.3. The lowest BCUT2D eigenvalue weighted by molar-refractivity contribution is -0.131. The minimum absolute atomic E-state index is 0.196. The van der Waals surface area contributed by atoms with Crippen LogP contribution in [-0.4, -0.2) is 22.2 Å². The van der Waals surface area contributed by atoms with Crippen LogP contribution in [0.4, 0.5) is 0 Å². The third-order valence-corrected chi connectivity index (χ3v) is 2.43. The number of furan rings is 1. The van der Waals surface area contributed by atoms with E-state index in [0.717, 1.165) is 11.6 Å². The number of rotatable bonds is 4. The van der Waals surface area contributed by atoms with Crippen LogP contribution >= 0.6 is 0 Å². The molecule has 0 atom stereocenters. The van der Waals surface area contributed by atoms with Crippen LogP contribution in [0.15, 0.2) is 46.9 Å². The molecule has 0 aliphatic rings. The van der Waals surface area contributed by atoms with E-state index in [4.69, 9.17) is 14.6 Å². The van der Waals surface area contributed by atoms with Gasteiger partial charge in [-0.25, -0.2) is 9.59 Å². The molecule has 5 nitrogen and oxygen atoms in total. The van der Waals surface area contributed by atoms with Gasteiger partial charge in [-0.05, 0) is 30.3 Å². The van der Waals surface area contributed by atoms with Crippen LogP contribution in [0.1, 0.15) is 16.1 Å². The van der Waals surface area contributed by atoms with Crippen LogP contribution in [-0.2, 0) is 4.79 Å². The maximum atomic E-state index is 10.7. The molecule has 1 aromatic heterocycles. The number of carboxylic acid groups (broad SMARTS) is 2. The van der Waals surface area contributed by atoms with Gasteiger partial charge in [-0.1, -0.05) is 12.1 Å². The van der Waals surface area contributed by atoms with Gasteiger partial charge in [0, 0.05) is 11.6 Å². The average Bonchev–Trinajstić information content (AvgIpc) is 2.85. The Morgan fingerprint density at radius 1 is 1.00 bits per heavy atom. The lowest BCUT2D eigenvalue weighted by atomic mass is 10.1. The maximum Gasteiger partial charge on any atom is 0.335 e. The quantitative estimate of drug-likeness (QED) is 0.823. The fraction of sp³-hybridized carbons (Fsp3) is 0. The number of carboxylic acids is 2. The van der Waals surface area contributed by atoms with Crippen molar-refractivity contribution in [3.8, 4) is 11.3 Å².